The summed E-state index contributed by atoms with van der Waals surface area (Å²) >= 11 is 1.62. The quantitative estimate of drug-likeness (QED) is 0.0545. The number of thioether (sulfide) groups is 1. The molecular formula is C29H55NO14S. The fraction of sp³-hybridized carbons (Fsp3) is 0.966. The lowest BCUT2D eigenvalue weighted by molar-refractivity contribution is -0.315. The predicted molar refractivity (Wildman–Crippen MR) is 162 cm³/mol. The highest BCUT2D eigenvalue weighted by Crippen LogP contribution is 2.25. The molecule has 16 heteroatoms. The number of rotatable bonds is 22. The Kier molecular flexibility index (Phi) is 19.2. The smallest absolute Gasteiger partial charge is 0.221 e. The third-order valence-electron chi connectivity index (χ3n) is 8.07. The first-order chi connectivity index (χ1) is 21.5. The van der Waals surface area contributed by atoms with E-state index in [0.717, 1.165) is 18.6 Å². The zero-order valence-electron chi connectivity index (χ0n) is 26.1. The number of hydrogen-bond donors (Lipinski definition) is 10. The molecule has 2 saturated heterocycles. The van der Waals surface area contributed by atoms with Crippen LogP contribution < -0.4 is 5.32 Å². The maximum absolute atomic E-state index is 13.0. The van der Waals surface area contributed by atoms with Gasteiger partial charge in [-0.15, -0.1) is 0 Å². The topological polar surface area (TPSA) is 248 Å². The second-order valence-electron chi connectivity index (χ2n) is 11.8. The number of ether oxygens (including phenoxy) is 4. The Labute approximate surface area is 268 Å². The highest BCUT2D eigenvalue weighted by Gasteiger charge is 2.47. The number of hydrogen-bond acceptors (Lipinski definition) is 15. The van der Waals surface area contributed by atoms with E-state index in [1.165, 1.54) is 38.5 Å². The molecule has 15 nitrogen and oxygen atoms in total. The van der Waals surface area contributed by atoms with Crippen molar-refractivity contribution in [3.8, 4) is 0 Å². The normalized spacial score (nSPS) is 32.5. The van der Waals surface area contributed by atoms with Crippen molar-refractivity contribution < 1.29 is 69.7 Å². The van der Waals surface area contributed by atoms with Crippen molar-refractivity contribution >= 4 is 17.7 Å². The first kappa shape index (κ1) is 40.5. The Bertz CT molecular complexity index is 771. The van der Waals surface area contributed by atoms with Gasteiger partial charge in [-0.05, 0) is 12.2 Å². The number of carbonyl (C=O) groups is 1. The maximum Gasteiger partial charge on any atom is 0.221 e. The van der Waals surface area contributed by atoms with Gasteiger partial charge in [0.05, 0.1) is 33.0 Å². The molecule has 0 aliphatic carbocycles. The summed E-state index contributed by atoms with van der Waals surface area (Å²) < 4.78 is 22.0. The molecule has 0 aromatic carbocycles. The minimum Gasteiger partial charge on any atom is -0.394 e. The molecule has 0 saturated carbocycles. The lowest BCUT2D eigenvalue weighted by Crippen LogP contribution is -2.64. The van der Waals surface area contributed by atoms with E-state index in [-0.39, 0.29) is 6.42 Å². The Morgan fingerprint density at radius 1 is 0.689 bits per heavy atom. The van der Waals surface area contributed by atoms with Crippen LogP contribution in [0.5, 0.6) is 0 Å². The van der Waals surface area contributed by atoms with E-state index >= 15 is 0 Å². The van der Waals surface area contributed by atoms with Crippen LogP contribution in [0.1, 0.15) is 64.7 Å². The summed E-state index contributed by atoms with van der Waals surface area (Å²) in [5.74, 6) is 0.931. The molecule has 266 valence electrons. The number of carbonyl (C=O) groups excluding carboxylic acids is 1. The maximum atomic E-state index is 13.0. The van der Waals surface area contributed by atoms with Crippen molar-refractivity contribution in [3.63, 3.8) is 0 Å². The molecule has 2 aliphatic rings. The van der Waals surface area contributed by atoms with Crippen molar-refractivity contribution in [3.05, 3.63) is 0 Å². The molecule has 0 aromatic rings. The van der Waals surface area contributed by atoms with Crippen LogP contribution in [-0.2, 0) is 23.7 Å². The highest BCUT2D eigenvalue weighted by molar-refractivity contribution is 7.99. The molecule has 2 aliphatic heterocycles. The van der Waals surface area contributed by atoms with E-state index in [1.54, 1.807) is 11.8 Å². The molecule has 0 spiro atoms. The number of amides is 1. The minimum atomic E-state index is -1.74. The standard InChI is InChI=1S/C29H55NO14S/c1-2-3-4-5-6-7-8-9-11-45-12-10-20(34)30-29(15-33,16-41-27-25(39)23(37)21(35)18(13-31)43-27)17-42-28-26(40)24(38)22(36)19(14-32)44-28/h18-19,21-28,31-33,35-40H,2-17H2,1H3,(H,30,34)/t18-,19-,21-,22-,23+,24+,25-,26-,27-,28-/m1/s1. The van der Waals surface area contributed by atoms with E-state index in [9.17, 15) is 50.8 Å². The van der Waals surface area contributed by atoms with Gasteiger partial charge >= 0.3 is 0 Å². The second kappa shape index (κ2) is 21.3. The molecule has 2 heterocycles. The van der Waals surface area contributed by atoms with E-state index in [4.69, 9.17) is 18.9 Å². The third-order valence-corrected chi connectivity index (χ3v) is 9.14. The highest BCUT2D eigenvalue weighted by atomic mass is 32.2. The average Bonchev–Trinajstić information content (AvgIpc) is 3.04. The molecule has 2 fully saturated rings. The molecule has 0 bridgehead atoms. The van der Waals surface area contributed by atoms with Crippen LogP contribution in [0.25, 0.3) is 0 Å². The summed E-state index contributed by atoms with van der Waals surface area (Å²) in [4.78, 5) is 13.0. The number of nitrogens with one attached hydrogen (secondary N) is 1. The van der Waals surface area contributed by atoms with Gasteiger partial charge < -0.3 is 70.2 Å². The van der Waals surface area contributed by atoms with Crippen LogP contribution in [0.3, 0.4) is 0 Å². The second-order valence-corrected chi connectivity index (χ2v) is 13.1. The van der Waals surface area contributed by atoms with Gasteiger partial charge in [0.15, 0.2) is 12.6 Å². The van der Waals surface area contributed by atoms with Crippen LogP contribution in [0.2, 0.25) is 0 Å². The van der Waals surface area contributed by atoms with Crippen LogP contribution in [0, 0.1) is 0 Å². The molecule has 10 N–H and O–H groups in total. The fourth-order valence-corrected chi connectivity index (χ4v) is 6.04. The van der Waals surface area contributed by atoms with Gasteiger partial charge in [-0.2, -0.15) is 11.8 Å². The molecule has 0 unspecified atom stereocenters. The lowest BCUT2D eigenvalue weighted by atomic mass is 9.98. The monoisotopic (exact) mass is 673 g/mol. The zero-order chi connectivity index (χ0) is 33.4. The molecular weight excluding hydrogens is 618 g/mol. The van der Waals surface area contributed by atoms with Gasteiger partial charge in [0.2, 0.25) is 5.91 Å². The van der Waals surface area contributed by atoms with Gasteiger partial charge in [-0.3, -0.25) is 4.79 Å². The van der Waals surface area contributed by atoms with Crippen molar-refractivity contribution in [2.75, 3.05) is 44.5 Å². The number of aliphatic hydroxyl groups is 9. The molecule has 10 atom stereocenters. The van der Waals surface area contributed by atoms with Crippen LogP contribution in [0.15, 0.2) is 0 Å². The van der Waals surface area contributed by atoms with Gasteiger partial charge in [0.25, 0.3) is 0 Å². The van der Waals surface area contributed by atoms with Crippen molar-refractivity contribution in [2.24, 2.45) is 0 Å². The van der Waals surface area contributed by atoms with Crippen LogP contribution >= 0.6 is 11.8 Å². The average molecular weight is 674 g/mol. The summed E-state index contributed by atoms with van der Waals surface area (Å²) in [5, 5.41) is 93.0. The fourth-order valence-electron chi connectivity index (χ4n) is 5.10. The summed E-state index contributed by atoms with van der Waals surface area (Å²) in [6, 6.07) is 0. The van der Waals surface area contributed by atoms with Crippen molar-refractivity contribution in [2.45, 2.75) is 132 Å². The summed E-state index contributed by atoms with van der Waals surface area (Å²) in [6.07, 6.45) is -6.11. The molecule has 2 rings (SSSR count). The Morgan fingerprint density at radius 3 is 1.60 bits per heavy atom. The summed E-state index contributed by atoms with van der Waals surface area (Å²) in [6.45, 7) is -1.11. The number of unbranched alkanes of at least 4 members (excludes halogenated alkanes) is 7. The van der Waals surface area contributed by atoms with Crippen LogP contribution in [0.4, 0.5) is 0 Å². The predicted octanol–water partition coefficient (Wildman–Crippen LogP) is -2.27. The third kappa shape index (κ3) is 12.7. The van der Waals surface area contributed by atoms with Gasteiger partial charge in [-0.1, -0.05) is 51.9 Å². The zero-order valence-corrected chi connectivity index (χ0v) is 26.9. The van der Waals surface area contributed by atoms with E-state index < -0.39 is 106 Å². The molecule has 0 radical (unpaired) electrons. The molecule has 1 amide bonds. The van der Waals surface area contributed by atoms with Gasteiger partial charge in [0, 0.05) is 12.2 Å². The van der Waals surface area contributed by atoms with Crippen molar-refractivity contribution in [1.82, 2.24) is 5.32 Å². The Hall–Kier alpha value is -0.700. The van der Waals surface area contributed by atoms with E-state index in [1.807, 2.05) is 0 Å². The van der Waals surface area contributed by atoms with Crippen LogP contribution in [-0.4, -0.2) is 163 Å². The SMILES string of the molecule is CCCCCCCCCCSCCC(=O)NC(CO)(CO[C@@H]1O[C@H](CO)[C@@H](O)[C@H](O)[C@H]1O)CO[C@@H]1O[C@H](CO)[C@@H](O)[C@H](O)[C@H]1O. The molecule has 45 heavy (non-hydrogen) atoms. The number of aliphatic hydroxyl groups excluding tert-OH is 9. The summed E-state index contributed by atoms with van der Waals surface area (Å²) in [5.41, 5.74) is -1.73. The Balaban J connectivity index is 1.98. The first-order valence-electron chi connectivity index (χ1n) is 15.9. The molecule has 0 aromatic heterocycles. The lowest BCUT2D eigenvalue weighted by Gasteiger charge is -2.43. The van der Waals surface area contributed by atoms with Gasteiger partial charge in [0.1, 0.15) is 54.4 Å². The summed E-state index contributed by atoms with van der Waals surface area (Å²) in [7, 11) is 0. The first-order valence-corrected chi connectivity index (χ1v) is 17.0. The van der Waals surface area contributed by atoms with E-state index in [2.05, 4.69) is 12.2 Å². The largest absolute Gasteiger partial charge is 0.394 e. The van der Waals surface area contributed by atoms with E-state index in [0.29, 0.717) is 5.75 Å². The Morgan fingerprint density at radius 2 is 1.16 bits per heavy atom. The minimum absolute atomic E-state index is 0.0868. The van der Waals surface area contributed by atoms with Gasteiger partial charge in [-0.25, -0.2) is 0 Å². The van der Waals surface area contributed by atoms with Crippen molar-refractivity contribution in [1.29, 1.82) is 0 Å².